The lowest BCUT2D eigenvalue weighted by Gasteiger charge is -2.11. The van der Waals surface area contributed by atoms with E-state index in [2.05, 4.69) is 16.4 Å². The predicted molar refractivity (Wildman–Crippen MR) is 105 cm³/mol. The average molecular weight is 364 g/mol. The number of aromatic nitrogens is 1. The molecule has 6 heteroatoms. The molecule has 0 fully saturated rings. The normalized spacial score (nSPS) is 10.8. The fourth-order valence-electron chi connectivity index (χ4n) is 2.78. The van der Waals surface area contributed by atoms with Crippen molar-refractivity contribution in [1.82, 2.24) is 4.98 Å². The molecule has 0 atom stereocenters. The van der Waals surface area contributed by atoms with Crippen LogP contribution in [0.1, 0.15) is 9.67 Å². The molecule has 0 aliphatic rings. The van der Waals surface area contributed by atoms with Gasteiger partial charge in [0.15, 0.2) is 0 Å². The number of methoxy groups -OCH3 is 2. The first-order valence-corrected chi connectivity index (χ1v) is 8.82. The van der Waals surface area contributed by atoms with Crippen molar-refractivity contribution in [2.75, 3.05) is 19.5 Å². The number of pyridine rings is 1. The van der Waals surface area contributed by atoms with Gasteiger partial charge < -0.3 is 14.8 Å². The predicted octanol–water partition coefficient (Wildman–Crippen LogP) is 4.72. The molecule has 0 saturated heterocycles. The molecule has 2 aromatic heterocycles. The van der Waals surface area contributed by atoms with E-state index in [1.807, 2.05) is 30.3 Å². The summed E-state index contributed by atoms with van der Waals surface area (Å²) >= 11 is 1.37. The van der Waals surface area contributed by atoms with Crippen molar-refractivity contribution in [3.8, 4) is 11.5 Å². The van der Waals surface area contributed by atoms with Crippen molar-refractivity contribution in [2.45, 2.75) is 0 Å². The second-order valence-corrected chi connectivity index (χ2v) is 6.74. The van der Waals surface area contributed by atoms with Gasteiger partial charge in [0.25, 0.3) is 5.91 Å². The summed E-state index contributed by atoms with van der Waals surface area (Å²) in [5, 5.41) is 4.90. The lowest BCUT2D eigenvalue weighted by Crippen LogP contribution is -2.11. The molecule has 5 nitrogen and oxygen atoms in total. The number of para-hydroxylation sites is 1. The van der Waals surface area contributed by atoms with Crippen molar-refractivity contribution in [2.24, 2.45) is 0 Å². The van der Waals surface area contributed by atoms with Crippen molar-refractivity contribution in [3.05, 3.63) is 59.5 Å². The number of hydrogen-bond donors (Lipinski definition) is 1. The third kappa shape index (κ3) is 2.95. The zero-order valence-electron chi connectivity index (χ0n) is 14.3. The van der Waals surface area contributed by atoms with Gasteiger partial charge in [0, 0.05) is 16.8 Å². The van der Waals surface area contributed by atoms with Gasteiger partial charge in [0.05, 0.1) is 30.3 Å². The summed E-state index contributed by atoms with van der Waals surface area (Å²) in [6.45, 7) is 0. The van der Waals surface area contributed by atoms with Crippen LogP contribution in [-0.2, 0) is 0 Å². The minimum absolute atomic E-state index is 0.205. The van der Waals surface area contributed by atoms with Gasteiger partial charge in [-0.1, -0.05) is 18.2 Å². The smallest absolute Gasteiger partial charge is 0.265 e. The molecule has 0 aliphatic carbocycles. The molecule has 2 heterocycles. The van der Waals surface area contributed by atoms with Gasteiger partial charge in [-0.25, -0.2) is 4.98 Å². The summed E-state index contributed by atoms with van der Waals surface area (Å²) in [6, 6.07) is 17.1. The molecule has 0 saturated carbocycles. The molecule has 0 bridgehead atoms. The molecular weight excluding hydrogens is 348 g/mol. The van der Waals surface area contributed by atoms with Gasteiger partial charge in [0.2, 0.25) is 0 Å². The molecule has 0 radical (unpaired) electrons. The van der Waals surface area contributed by atoms with Crippen LogP contribution in [0.15, 0.2) is 54.6 Å². The number of carbonyl (C=O) groups excluding carboxylic acids is 1. The number of ether oxygens (including phenoxy) is 2. The Hall–Kier alpha value is -3.12. The highest BCUT2D eigenvalue weighted by atomic mass is 32.1. The summed E-state index contributed by atoms with van der Waals surface area (Å²) < 4.78 is 10.5. The number of rotatable bonds is 4. The number of thiophene rings is 1. The zero-order valence-corrected chi connectivity index (χ0v) is 15.1. The van der Waals surface area contributed by atoms with Gasteiger partial charge >= 0.3 is 0 Å². The van der Waals surface area contributed by atoms with E-state index in [1.165, 1.54) is 11.3 Å². The van der Waals surface area contributed by atoms with Gasteiger partial charge in [-0.2, -0.15) is 0 Å². The van der Waals surface area contributed by atoms with Gasteiger partial charge in [-0.05, 0) is 30.3 Å². The maximum atomic E-state index is 12.7. The molecule has 4 rings (SSSR count). The van der Waals surface area contributed by atoms with E-state index in [1.54, 1.807) is 32.4 Å². The highest BCUT2D eigenvalue weighted by molar-refractivity contribution is 7.20. The van der Waals surface area contributed by atoms with Crippen molar-refractivity contribution in [1.29, 1.82) is 0 Å². The van der Waals surface area contributed by atoms with Crippen molar-refractivity contribution in [3.63, 3.8) is 0 Å². The first-order valence-electron chi connectivity index (χ1n) is 8.00. The van der Waals surface area contributed by atoms with E-state index in [4.69, 9.17) is 9.47 Å². The van der Waals surface area contributed by atoms with Gasteiger partial charge in [-0.15, -0.1) is 11.3 Å². The number of benzene rings is 2. The number of carbonyl (C=O) groups is 1. The number of nitrogens with zero attached hydrogens (tertiary/aromatic N) is 1. The Morgan fingerprint density at radius 2 is 1.85 bits per heavy atom. The Balaban J connectivity index is 1.69. The number of nitrogens with one attached hydrogen (secondary N) is 1. The second kappa shape index (κ2) is 6.65. The van der Waals surface area contributed by atoms with Crippen LogP contribution in [0.25, 0.3) is 21.1 Å². The topological polar surface area (TPSA) is 60.5 Å². The average Bonchev–Trinajstić information content (AvgIpc) is 3.09. The minimum atomic E-state index is -0.205. The van der Waals surface area contributed by atoms with Gasteiger partial charge in [-0.3, -0.25) is 4.79 Å². The highest BCUT2D eigenvalue weighted by Crippen LogP contribution is 2.31. The van der Waals surface area contributed by atoms with E-state index < -0.39 is 0 Å². The third-order valence-electron chi connectivity index (χ3n) is 4.09. The molecule has 2 aromatic carbocycles. The van der Waals surface area contributed by atoms with Crippen LogP contribution in [0.2, 0.25) is 0 Å². The largest absolute Gasteiger partial charge is 0.497 e. The fraction of sp³-hybridized carbons (Fsp3) is 0.100. The number of fused-ring (bicyclic) bond motifs is 2. The molecule has 1 amide bonds. The van der Waals surface area contributed by atoms with E-state index >= 15 is 0 Å². The first-order chi connectivity index (χ1) is 12.7. The SMILES string of the molecule is COc1ccc(OC)c(NC(=O)c2cc3cc4ccccc4nc3s2)c1. The van der Waals surface area contributed by atoms with Crippen LogP contribution in [0.4, 0.5) is 5.69 Å². The molecule has 0 unspecified atom stereocenters. The standard InChI is InChI=1S/C20H16N2O3S/c1-24-14-7-8-17(25-2)16(11-14)21-19(23)18-10-13-9-12-5-3-4-6-15(12)22-20(13)26-18/h3-11H,1-2H3,(H,21,23). The van der Waals surface area contributed by atoms with Crippen molar-refractivity contribution < 1.29 is 14.3 Å². The van der Waals surface area contributed by atoms with Crippen LogP contribution in [-0.4, -0.2) is 25.1 Å². The van der Waals surface area contributed by atoms with Crippen LogP contribution in [0, 0.1) is 0 Å². The Bertz CT molecular complexity index is 1070. The van der Waals surface area contributed by atoms with E-state index in [0.717, 1.165) is 21.1 Å². The molecular formula is C20H16N2O3S. The molecule has 130 valence electrons. The molecule has 0 spiro atoms. The maximum Gasteiger partial charge on any atom is 0.265 e. The van der Waals surface area contributed by atoms with Crippen molar-refractivity contribution >= 4 is 44.1 Å². The minimum Gasteiger partial charge on any atom is -0.497 e. The van der Waals surface area contributed by atoms with Crippen LogP contribution >= 0.6 is 11.3 Å². The van der Waals surface area contributed by atoms with Crippen LogP contribution < -0.4 is 14.8 Å². The molecule has 4 aromatic rings. The third-order valence-corrected chi connectivity index (χ3v) is 5.13. The lowest BCUT2D eigenvalue weighted by molar-refractivity contribution is 0.103. The Morgan fingerprint density at radius 1 is 1.00 bits per heavy atom. The molecule has 1 N–H and O–H groups in total. The Morgan fingerprint density at radius 3 is 2.65 bits per heavy atom. The monoisotopic (exact) mass is 364 g/mol. The summed E-state index contributed by atoms with van der Waals surface area (Å²) in [6.07, 6.45) is 0. The quantitative estimate of drug-likeness (QED) is 0.569. The summed E-state index contributed by atoms with van der Waals surface area (Å²) in [4.78, 5) is 18.8. The van der Waals surface area contributed by atoms with E-state index in [0.29, 0.717) is 22.1 Å². The zero-order chi connectivity index (χ0) is 18.1. The summed E-state index contributed by atoms with van der Waals surface area (Å²) in [5.74, 6) is 1.01. The van der Waals surface area contributed by atoms with Crippen LogP contribution in [0.3, 0.4) is 0 Å². The maximum absolute atomic E-state index is 12.7. The summed E-state index contributed by atoms with van der Waals surface area (Å²) in [5.41, 5.74) is 1.48. The molecule has 26 heavy (non-hydrogen) atoms. The second-order valence-electron chi connectivity index (χ2n) is 5.71. The summed E-state index contributed by atoms with van der Waals surface area (Å²) in [7, 11) is 3.14. The number of hydrogen-bond acceptors (Lipinski definition) is 5. The Labute approximate surface area is 154 Å². The number of amides is 1. The lowest BCUT2D eigenvalue weighted by atomic mass is 10.2. The Kier molecular flexibility index (Phi) is 4.18. The van der Waals surface area contributed by atoms with Gasteiger partial charge in [0.1, 0.15) is 16.3 Å². The number of anilines is 1. The molecule has 0 aliphatic heterocycles. The first kappa shape index (κ1) is 16.4. The van der Waals surface area contributed by atoms with E-state index in [-0.39, 0.29) is 5.91 Å². The fourth-order valence-corrected chi connectivity index (χ4v) is 3.70. The van der Waals surface area contributed by atoms with E-state index in [9.17, 15) is 4.79 Å². The highest BCUT2D eigenvalue weighted by Gasteiger charge is 2.15. The van der Waals surface area contributed by atoms with Crippen LogP contribution in [0.5, 0.6) is 11.5 Å².